The van der Waals surface area contributed by atoms with Crippen LogP contribution in [0, 0.1) is 12.8 Å². The summed E-state index contributed by atoms with van der Waals surface area (Å²) < 4.78 is 2.30. The second-order valence-corrected chi connectivity index (χ2v) is 9.21. The molecule has 3 N–H and O–H groups in total. The summed E-state index contributed by atoms with van der Waals surface area (Å²) in [5.41, 5.74) is 7.51. The third-order valence-corrected chi connectivity index (χ3v) is 6.15. The Bertz CT molecular complexity index is 859. The van der Waals surface area contributed by atoms with Gasteiger partial charge in [0.15, 0.2) is 0 Å². The van der Waals surface area contributed by atoms with Gasteiger partial charge in [0.25, 0.3) is 0 Å². The van der Waals surface area contributed by atoms with Gasteiger partial charge in [0.05, 0.1) is 0 Å². The zero-order valence-corrected chi connectivity index (χ0v) is 19.1. The molecule has 1 aromatic heterocycles. The second kappa shape index (κ2) is 10.4. The molecule has 2 aromatic rings. The molecular weight excluding hydrogens is 398 g/mol. The molecule has 6 nitrogen and oxygen atoms in total. The molecule has 1 fully saturated rings. The van der Waals surface area contributed by atoms with Crippen LogP contribution in [0.3, 0.4) is 0 Å². The van der Waals surface area contributed by atoms with Gasteiger partial charge in [0.2, 0.25) is 5.91 Å². The van der Waals surface area contributed by atoms with Gasteiger partial charge in [-0.25, -0.2) is 0 Å². The molecule has 3 rings (SSSR count). The first-order valence-corrected chi connectivity index (χ1v) is 11.5. The van der Waals surface area contributed by atoms with Crippen molar-refractivity contribution in [3.05, 3.63) is 40.4 Å². The average Bonchev–Trinajstić information content (AvgIpc) is 3.44. The molecule has 30 heavy (non-hydrogen) atoms. The summed E-state index contributed by atoms with van der Waals surface area (Å²) in [6.45, 7) is 6.90. The number of carbonyl (C=O) groups is 1. The summed E-state index contributed by atoms with van der Waals surface area (Å²) in [5.74, 6) is 2.57. The zero-order chi connectivity index (χ0) is 21.7. The van der Waals surface area contributed by atoms with E-state index in [0.29, 0.717) is 36.4 Å². The van der Waals surface area contributed by atoms with E-state index in [9.17, 15) is 4.79 Å². The highest BCUT2D eigenvalue weighted by molar-refractivity contribution is 6.31. The molecule has 1 unspecified atom stereocenters. The van der Waals surface area contributed by atoms with Gasteiger partial charge in [-0.1, -0.05) is 37.9 Å². The van der Waals surface area contributed by atoms with Gasteiger partial charge in [-0.3, -0.25) is 4.79 Å². The number of rotatable bonds is 11. The lowest BCUT2D eigenvalue weighted by Gasteiger charge is -2.18. The van der Waals surface area contributed by atoms with E-state index in [-0.39, 0.29) is 11.8 Å². The van der Waals surface area contributed by atoms with Crippen LogP contribution >= 0.6 is 11.6 Å². The molecule has 1 atom stereocenters. The third kappa shape index (κ3) is 5.82. The minimum atomic E-state index is -0.0504. The highest BCUT2D eigenvalue weighted by Gasteiger charge is 2.32. The Labute approximate surface area is 184 Å². The molecule has 0 radical (unpaired) electrons. The first-order chi connectivity index (χ1) is 14.4. The van der Waals surface area contributed by atoms with Crippen LogP contribution in [-0.2, 0) is 11.2 Å². The molecule has 1 heterocycles. The fourth-order valence-corrected chi connectivity index (χ4v) is 4.05. The summed E-state index contributed by atoms with van der Waals surface area (Å²) in [5, 5.41) is 12.7. The topological polar surface area (TPSA) is 85.8 Å². The number of nitrogens with one attached hydrogen (secondary N) is 1. The minimum Gasteiger partial charge on any atom is -0.330 e. The van der Waals surface area contributed by atoms with Crippen LogP contribution in [0.2, 0.25) is 5.02 Å². The van der Waals surface area contributed by atoms with E-state index >= 15 is 0 Å². The van der Waals surface area contributed by atoms with Crippen LogP contribution in [0.25, 0.3) is 0 Å². The van der Waals surface area contributed by atoms with Gasteiger partial charge in [0.1, 0.15) is 11.6 Å². The van der Waals surface area contributed by atoms with E-state index < -0.39 is 0 Å². The normalized spacial score (nSPS) is 14.9. The fourth-order valence-electron chi connectivity index (χ4n) is 3.88. The molecule has 1 saturated carbocycles. The molecule has 7 heteroatoms. The van der Waals surface area contributed by atoms with Crippen LogP contribution in [0.4, 0.5) is 5.69 Å². The summed E-state index contributed by atoms with van der Waals surface area (Å²) >= 11 is 6.19. The number of hydrogen-bond donors (Lipinski definition) is 2. The van der Waals surface area contributed by atoms with Crippen molar-refractivity contribution >= 4 is 23.2 Å². The Morgan fingerprint density at radius 1 is 1.30 bits per heavy atom. The van der Waals surface area contributed by atoms with E-state index in [2.05, 4.69) is 33.9 Å². The summed E-state index contributed by atoms with van der Waals surface area (Å²) in [4.78, 5) is 12.8. The summed E-state index contributed by atoms with van der Waals surface area (Å²) in [6, 6.07) is 6.01. The largest absolute Gasteiger partial charge is 0.330 e. The Hall–Kier alpha value is -1.92. The predicted octanol–water partition coefficient (Wildman–Crippen LogP) is 5.01. The maximum Gasteiger partial charge on any atom is 0.225 e. The number of aromatic nitrogens is 3. The van der Waals surface area contributed by atoms with Gasteiger partial charge in [-0.2, -0.15) is 0 Å². The number of halogens is 1. The van der Waals surface area contributed by atoms with E-state index in [1.54, 1.807) is 0 Å². The number of carbonyl (C=O) groups excluding carboxylic acids is 1. The lowest BCUT2D eigenvalue weighted by Crippen LogP contribution is -2.21. The first-order valence-electron chi connectivity index (χ1n) is 11.1. The number of benzene rings is 1. The van der Waals surface area contributed by atoms with Crippen LogP contribution in [0.15, 0.2) is 18.2 Å². The van der Waals surface area contributed by atoms with Crippen molar-refractivity contribution in [2.75, 3.05) is 11.9 Å². The molecule has 0 saturated heterocycles. The highest BCUT2D eigenvalue weighted by atomic mass is 35.5. The van der Waals surface area contributed by atoms with Crippen LogP contribution in [0.1, 0.15) is 81.5 Å². The summed E-state index contributed by atoms with van der Waals surface area (Å²) in [7, 11) is 0. The van der Waals surface area contributed by atoms with E-state index in [1.807, 2.05) is 25.1 Å². The van der Waals surface area contributed by atoms with E-state index in [1.165, 1.54) is 6.42 Å². The SMILES string of the molecule is Cc1c(Cl)cccc1NC(=O)CC(CCN)c1nnc(CCCC(C)C)n1C1CC1. The van der Waals surface area contributed by atoms with E-state index in [4.69, 9.17) is 17.3 Å². The monoisotopic (exact) mass is 431 g/mol. The van der Waals surface area contributed by atoms with Crippen LogP contribution < -0.4 is 11.1 Å². The van der Waals surface area contributed by atoms with Crippen molar-refractivity contribution in [2.24, 2.45) is 11.7 Å². The van der Waals surface area contributed by atoms with Crippen molar-refractivity contribution in [3.8, 4) is 0 Å². The fraction of sp³-hybridized carbons (Fsp3) is 0.609. The maximum atomic E-state index is 12.8. The molecule has 0 aliphatic heterocycles. The Balaban J connectivity index is 1.74. The van der Waals surface area contributed by atoms with Gasteiger partial charge in [-0.05, 0) is 62.8 Å². The summed E-state index contributed by atoms with van der Waals surface area (Å²) in [6.07, 6.45) is 6.58. The average molecular weight is 432 g/mol. The third-order valence-electron chi connectivity index (χ3n) is 5.74. The number of nitrogens with two attached hydrogens (primary N) is 1. The zero-order valence-electron chi connectivity index (χ0n) is 18.3. The van der Waals surface area contributed by atoms with Gasteiger partial charge in [-0.15, -0.1) is 10.2 Å². The molecule has 1 aromatic carbocycles. The number of anilines is 1. The van der Waals surface area contributed by atoms with Crippen molar-refractivity contribution in [1.29, 1.82) is 0 Å². The van der Waals surface area contributed by atoms with E-state index in [0.717, 1.165) is 48.6 Å². The number of amides is 1. The Morgan fingerprint density at radius 3 is 2.73 bits per heavy atom. The van der Waals surface area contributed by atoms with Crippen LogP contribution in [-0.4, -0.2) is 27.2 Å². The first kappa shape index (κ1) is 22.8. The standard InChI is InChI=1S/C23H34ClN5O/c1-15(2)6-4-9-21-27-28-23(29(21)18-10-11-18)17(12-13-25)14-22(30)26-20-8-5-7-19(24)16(20)3/h5,7-8,15,17-18H,4,6,9-14,25H2,1-3H3,(H,26,30). The van der Waals surface area contributed by atoms with Crippen molar-refractivity contribution < 1.29 is 4.79 Å². The van der Waals surface area contributed by atoms with Gasteiger partial charge in [0, 0.05) is 35.5 Å². The van der Waals surface area contributed by atoms with Crippen molar-refractivity contribution in [1.82, 2.24) is 14.8 Å². The lowest BCUT2D eigenvalue weighted by molar-refractivity contribution is -0.116. The Morgan fingerprint density at radius 2 is 2.07 bits per heavy atom. The second-order valence-electron chi connectivity index (χ2n) is 8.80. The van der Waals surface area contributed by atoms with Crippen molar-refractivity contribution in [3.63, 3.8) is 0 Å². The Kier molecular flexibility index (Phi) is 7.89. The molecule has 164 valence electrons. The maximum absolute atomic E-state index is 12.8. The molecule has 1 amide bonds. The number of nitrogens with zero attached hydrogens (tertiary/aromatic N) is 3. The van der Waals surface area contributed by atoms with Crippen LogP contribution in [0.5, 0.6) is 0 Å². The minimum absolute atomic E-state index is 0.0403. The van der Waals surface area contributed by atoms with Gasteiger partial charge >= 0.3 is 0 Å². The number of hydrogen-bond acceptors (Lipinski definition) is 4. The molecule has 0 bridgehead atoms. The van der Waals surface area contributed by atoms with Crippen molar-refractivity contribution in [2.45, 2.75) is 77.7 Å². The lowest BCUT2D eigenvalue weighted by atomic mass is 9.99. The number of aryl methyl sites for hydroxylation is 1. The molecular formula is C23H34ClN5O. The molecule has 1 aliphatic carbocycles. The highest BCUT2D eigenvalue weighted by Crippen LogP contribution is 2.39. The molecule has 1 aliphatic rings. The van der Waals surface area contributed by atoms with Gasteiger partial charge < -0.3 is 15.6 Å². The quantitative estimate of drug-likeness (QED) is 0.523. The molecule has 0 spiro atoms. The predicted molar refractivity (Wildman–Crippen MR) is 122 cm³/mol. The smallest absolute Gasteiger partial charge is 0.225 e.